The van der Waals surface area contributed by atoms with Crippen molar-refractivity contribution in [3.8, 4) is 0 Å². The van der Waals surface area contributed by atoms with Gasteiger partial charge in [-0.1, -0.05) is 20.3 Å². The molecule has 2 amide bonds. The van der Waals surface area contributed by atoms with Crippen molar-refractivity contribution in [3.63, 3.8) is 0 Å². The van der Waals surface area contributed by atoms with Gasteiger partial charge in [-0.25, -0.2) is 0 Å². The SMILES string of the molecule is CCCN1CCCCC1C(=O)Nc1ccc(C(=O)NC(C)(C)CC)cc1. The molecule has 1 aliphatic heterocycles. The summed E-state index contributed by atoms with van der Waals surface area (Å²) in [5.41, 5.74) is 1.12. The van der Waals surface area contributed by atoms with E-state index in [2.05, 4.69) is 22.5 Å². The third-order valence-corrected chi connectivity index (χ3v) is 5.18. The van der Waals surface area contributed by atoms with Crippen molar-refractivity contribution in [1.29, 1.82) is 0 Å². The number of carbonyl (C=O) groups excluding carboxylic acids is 2. The van der Waals surface area contributed by atoms with Gasteiger partial charge in [0.25, 0.3) is 5.91 Å². The van der Waals surface area contributed by atoms with Crippen molar-refractivity contribution in [2.45, 2.75) is 71.4 Å². The van der Waals surface area contributed by atoms with Crippen LogP contribution in [0, 0.1) is 0 Å². The maximum atomic E-state index is 12.7. The number of nitrogens with zero attached hydrogens (tertiary/aromatic N) is 1. The highest BCUT2D eigenvalue weighted by Crippen LogP contribution is 2.20. The fraction of sp³-hybridized carbons (Fsp3) is 0.619. The van der Waals surface area contributed by atoms with Crippen LogP contribution in [0.2, 0.25) is 0 Å². The number of carbonyl (C=O) groups is 2. The molecular weight excluding hydrogens is 326 g/mol. The van der Waals surface area contributed by atoms with Gasteiger partial charge in [0.1, 0.15) is 0 Å². The Morgan fingerprint density at radius 1 is 1.15 bits per heavy atom. The van der Waals surface area contributed by atoms with Gasteiger partial charge in [0, 0.05) is 16.8 Å². The summed E-state index contributed by atoms with van der Waals surface area (Å²) in [5, 5.41) is 6.03. The van der Waals surface area contributed by atoms with Gasteiger partial charge in [-0.05, 0) is 76.9 Å². The van der Waals surface area contributed by atoms with E-state index in [9.17, 15) is 9.59 Å². The minimum absolute atomic E-state index is 0.0444. The summed E-state index contributed by atoms with van der Waals surface area (Å²) in [6.07, 6.45) is 5.11. The summed E-state index contributed by atoms with van der Waals surface area (Å²) in [5.74, 6) is -0.0291. The van der Waals surface area contributed by atoms with E-state index >= 15 is 0 Å². The molecule has 0 aromatic heterocycles. The predicted molar refractivity (Wildman–Crippen MR) is 106 cm³/mol. The lowest BCUT2D eigenvalue weighted by atomic mass is 10.0. The molecule has 2 rings (SSSR count). The zero-order valence-electron chi connectivity index (χ0n) is 16.6. The smallest absolute Gasteiger partial charge is 0.251 e. The zero-order chi connectivity index (χ0) is 19.2. The quantitative estimate of drug-likeness (QED) is 0.778. The Bertz CT molecular complexity index is 608. The number of amides is 2. The summed E-state index contributed by atoms with van der Waals surface area (Å²) in [4.78, 5) is 27.3. The van der Waals surface area contributed by atoms with Gasteiger partial charge in [-0.15, -0.1) is 0 Å². The fourth-order valence-electron chi connectivity index (χ4n) is 3.24. The molecule has 5 nitrogen and oxygen atoms in total. The molecule has 1 heterocycles. The van der Waals surface area contributed by atoms with Gasteiger partial charge >= 0.3 is 0 Å². The van der Waals surface area contributed by atoms with Crippen molar-refractivity contribution in [1.82, 2.24) is 10.2 Å². The predicted octanol–water partition coefficient (Wildman–Crippen LogP) is 3.81. The van der Waals surface area contributed by atoms with Crippen LogP contribution in [0.1, 0.15) is 70.2 Å². The molecule has 26 heavy (non-hydrogen) atoms. The van der Waals surface area contributed by atoms with Crippen LogP contribution < -0.4 is 10.6 Å². The lowest BCUT2D eigenvalue weighted by molar-refractivity contribution is -0.122. The minimum atomic E-state index is -0.228. The van der Waals surface area contributed by atoms with Crippen LogP contribution in [-0.2, 0) is 4.79 Å². The van der Waals surface area contributed by atoms with Crippen LogP contribution in [0.3, 0.4) is 0 Å². The van der Waals surface area contributed by atoms with E-state index in [0.717, 1.165) is 44.5 Å². The Morgan fingerprint density at radius 3 is 2.46 bits per heavy atom. The summed E-state index contributed by atoms with van der Waals surface area (Å²) < 4.78 is 0. The van der Waals surface area contributed by atoms with Crippen molar-refractivity contribution in [2.24, 2.45) is 0 Å². The van der Waals surface area contributed by atoms with Crippen LogP contribution in [0.4, 0.5) is 5.69 Å². The molecule has 1 unspecified atom stereocenters. The van der Waals surface area contributed by atoms with Crippen molar-refractivity contribution in [2.75, 3.05) is 18.4 Å². The van der Waals surface area contributed by atoms with Crippen LogP contribution in [0.15, 0.2) is 24.3 Å². The van der Waals surface area contributed by atoms with E-state index in [1.807, 2.05) is 20.8 Å². The van der Waals surface area contributed by atoms with Gasteiger partial charge in [0.15, 0.2) is 0 Å². The van der Waals surface area contributed by atoms with Gasteiger partial charge in [-0.2, -0.15) is 0 Å². The number of piperidine rings is 1. The first-order valence-corrected chi connectivity index (χ1v) is 9.83. The second kappa shape index (κ2) is 9.17. The van der Waals surface area contributed by atoms with Gasteiger partial charge in [0.2, 0.25) is 5.91 Å². The highest BCUT2D eigenvalue weighted by Gasteiger charge is 2.28. The molecule has 0 radical (unpaired) electrons. The summed E-state index contributed by atoms with van der Waals surface area (Å²) in [6.45, 7) is 10.2. The summed E-state index contributed by atoms with van der Waals surface area (Å²) in [7, 11) is 0. The van der Waals surface area contributed by atoms with Crippen LogP contribution in [0.5, 0.6) is 0 Å². The Labute approximate surface area is 157 Å². The number of benzene rings is 1. The van der Waals surface area contributed by atoms with Crippen molar-refractivity contribution >= 4 is 17.5 Å². The Balaban J connectivity index is 1.97. The molecular formula is C21H33N3O2. The third kappa shape index (κ3) is 5.56. The van der Waals surface area contributed by atoms with Crippen molar-refractivity contribution < 1.29 is 9.59 Å². The van der Waals surface area contributed by atoms with Crippen LogP contribution >= 0.6 is 0 Å². The largest absolute Gasteiger partial charge is 0.347 e. The maximum absolute atomic E-state index is 12.7. The van der Waals surface area contributed by atoms with Gasteiger partial charge < -0.3 is 10.6 Å². The third-order valence-electron chi connectivity index (χ3n) is 5.18. The molecule has 1 fully saturated rings. The molecule has 0 spiro atoms. The highest BCUT2D eigenvalue weighted by molar-refractivity contribution is 5.97. The van der Waals surface area contributed by atoms with E-state index in [1.54, 1.807) is 24.3 Å². The second-order valence-electron chi connectivity index (χ2n) is 7.81. The fourth-order valence-corrected chi connectivity index (χ4v) is 3.24. The van der Waals surface area contributed by atoms with Gasteiger partial charge in [0.05, 0.1) is 6.04 Å². The molecule has 144 valence electrons. The number of anilines is 1. The number of likely N-dealkylation sites (tertiary alicyclic amines) is 1. The number of hydrogen-bond donors (Lipinski definition) is 2. The lowest BCUT2D eigenvalue weighted by Crippen LogP contribution is -2.47. The maximum Gasteiger partial charge on any atom is 0.251 e. The standard InChI is InChI=1S/C21H33N3O2/c1-5-14-24-15-8-7-9-18(24)20(26)22-17-12-10-16(11-13-17)19(25)23-21(3,4)6-2/h10-13,18H,5-9,14-15H2,1-4H3,(H,22,26)(H,23,25). The average Bonchev–Trinajstić information content (AvgIpc) is 2.62. The van der Waals surface area contributed by atoms with E-state index in [-0.39, 0.29) is 23.4 Å². The Kier molecular flexibility index (Phi) is 7.21. The zero-order valence-corrected chi connectivity index (χ0v) is 16.6. The van der Waals surface area contributed by atoms with E-state index in [1.165, 1.54) is 6.42 Å². The lowest BCUT2D eigenvalue weighted by Gasteiger charge is -2.34. The number of rotatable bonds is 7. The van der Waals surface area contributed by atoms with Crippen LogP contribution in [-0.4, -0.2) is 41.4 Å². The number of nitrogens with one attached hydrogen (secondary N) is 2. The van der Waals surface area contributed by atoms with Gasteiger partial charge in [-0.3, -0.25) is 14.5 Å². The monoisotopic (exact) mass is 359 g/mol. The topological polar surface area (TPSA) is 61.4 Å². The molecule has 5 heteroatoms. The van der Waals surface area contributed by atoms with E-state index in [4.69, 9.17) is 0 Å². The molecule has 0 aliphatic carbocycles. The minimum Gasteiger partial charge on any atom is -0.347 e. The van der Waals surface area contributed by atoms with E-state index < -0.39 is 0 Å². The first-order chi connectivity index (χ1) is 12.4. The average molecular weight is 360 g/mol. The molecule has 1 aromatic carbocycles. The molecule has 1 atom stereocenters. The van der Waals surface area contributed by atoms with E-state index in [0.29, 0.717) is 5.56 Å². The molecule has 0 bridgehead atoms. The molecule has 1 aliphatic rings. The second-order valence-corrected chi connectivity index (χ2v) is 7.81. The molecule has 0 saturated carbocycles. The summed E-state index contributed by atoms with van der Waals surface area (Å²) >= 11 is 0. The first-order valence-electron chi connectivity index (χ1n) is 9.83. The highest BCUT2D eigenvalue weighted by atomic mass is 16.2. The first kappa shape index (κ1) is 20.4. The number of hydrogen-bond acceptors (Lipinski definition) is 3. The van der Waals surface area contributed by atoms with Crippen molar-refractivity contribution in [3.05, 3.63) is 29.8 Å². The summed E-state index contributed by atoms with van der Waals surface area (Å²) in [6, 6.07) is 7.09. The molecule has 1 aromatic rings. The Morgan fingerprint density at radius 2 is 1.85 bits per heavy atom. The molecule has 2 N–H and O–H groups in total. The Hall–Kier alpha value is -1.88. The van der Waals surface area contributed by atoms with Crippen LogP contribution in [0.25, 0.3) is 0 Å². The normalized spacial score (nSPS) is 18.4. The molecule has 1 saturated heterocycles.